The summed E-state index contributed by atoms with van der Waals surface area (Å²) in [4.78, 5) is 23.8. The molecule has 0 atom stereocenters. The van der Waals surface area contributed by atoms with Crippen LogP contribution in [0.1, 0.15) is 18.9 Å². The quantitative estimate of drug-likeness (QED) is 0.700. The second-order valence-corrected chi connectivity index (χ2v) is 6.27. The Kier molecular flexibility index (Phi) is 5.28. The maximum absolute atomic E-state index is 10.8. The molecular formula is C18H18N4OS. The molecule has 24 heavy (non-hydrogen) atoms. The molecule has 0 fully saturated rings. The van der Waals surface area contributed by atoms with Crippen molar-refractivity contribution in [3.05, 3.63) is 53.8 Å². The fraction of sp³-hybridized carbons (Fsp3) is 0.222. The lowest BCUT2D eigenvalue weighted by atomic mass is 10.1. The zero-order valence-electron chi connectivity index (χ0n) is 13.4. The molecular weight excluding hydrogens is 320 g/mol. The standard InChI is InChI=1S/C18H18N4OS/c1-13(23)20-8-2-3-14-4-6-15(7-5-14)17-12-24-18(22-17)16-11-19-9-10-21-16/h4-7,9-12H,2-3,8H2,1H3,(H,20,23). The van der Waals surface area contributed by atoms with Crippen molar-refractivity contribution in [2.45, 2.75) is 19.8 Å². The van der Waals surface area contributed by atoms with Crippen molar-refractivity contribution in [1.82, 2.24) is 20.3 Å². The fourth-order valence-electron chi connectivity index (χ4n) is 2.33. The van der Waals surface area contributed by atoms with Gasteiger partial charge in [-0.15, -0.1) is 11.3 Å². The van der Waals surface area contributed by atoms with E-state index in [1.165, 1.54) is 12.5 Å². The third-order valence-corrected chi connectivity index (χ3v) is 4.42. The minimum Gasteiger partial charge on any atom is -0.356 e. The second-order valence-electron chi connectivity index (χ2n) is 5.41. The van der Waals surface area contributed by atoms with Gasteiger partial charge < -0.3 is 5.32 Å². The molecule has 2 heterocycles. The van der Waals surface area contributed by atoms with E-state index in [0.29, 0.717) is 6.54 Å². The summed E-state index contributed by atoms with van der Waals surface area (Å²) in [7, 11) is 0. The zero-order valence-corrected chi connectivity index (χ0v) is 14.2. The first-order valence-corrected chi connectivity index (χ1v) is 8.66. The van der Waals surface area contributed by atoms with E-state index in [1.807, 2.05) is 5.38 Å². The minimum atomic E-state index is 0.0211. The molecule has 0 aliphatic rings. The Morgan fingerprint density at radius 1 is 1.17 bits per heavy atom. The number of aryl methyl sites for hydroxylation is 1. The molecule has 2 aromatic heterocycles. The number of thiazole rings is 1. The fourth-order valence-corrected chi connectivity index (χ4v) is 3.12. The molecule has 0 aliphatic heterocycles. The van der Waals surface area contributed by atoms with Gasteiger partial charge in [0, 0.05) is 36.8 Å². The third-order valence-electron chi connectivity index (χ3n) is 3.55. The first-order chi connectivity index (χ1) is 11.7. The van der Waals surface area contributed by atoms with Crippen molar-refractivity contribution in [3.63, 3.8) is 0 Å². The number of hydrogen-bond donors (Lipinski definition) is 1. The lowest BCUT2D eigenvalue weighted by Crippen LogP contribution is -2.21. The predicted octanol–water partition coefficient (Wildman–Crippen LogP) is 3.34. The summed E-state index contributed by atoms with van der Waals surface area (Å²) in [6.07, 6.45) is 6.94. The van der Waals surface area contributed by atoms with Crippen LogP contribution >= 0.6 is 11.3 Å². The molecule has 0 saturated heterocycles. The normalized spacial score (nSPS) is 10.5. The predicted molar refractivity (Wildman–Crippen MR) is 95.6 cm³/mol. The van der Waals surface area contributed by atoms with Gasteiger partial charge in [-0.05, 0) is 18.4 Å². The van der Waals surface area contributed by atoms with Crippen LogP contribution in [0.15, 0.2) is 48.2 Å². The summed E-state index contributed by atoms with van der Waals surface area (Å²) < 4.78 is 0. The van der Waals surface area contributed by atoms with E-state index >= 15 is 0 Å². The van der Waals surface area contributed by atoms with Gasteiger partial charge in [-0.25, -0.2) is 4.98 Å². The lowest BCUT2D eigenvalue weighted by molar-refractivity contribution is -0.118. The molecule has 6 heteroatoms. The van der Waals surface area contributed by atoms with Crippen molar-refractivity contribution in [2.24, 2.45) is 0 Å². The van der Waals surface area contributed by atoms with E-state index in [1.54, 1.807) is 29.9 Å². The van der Waals surface area contributed by atoms with Crippen molar-refractivity contribution in [3.8, 4) is 22.0 Å². The Hall–Kier alpha value is -2.60. The molecule has 122 valence electrons. The smallest absolute Gasteiger partial charge is 0.216 e. The Morgan fingerprint density at radius 2 is 2.00 bits per heavy atom. The summed E-state index contributed by atoms with van der Waals surface area (Å²) in [5, 5.41) is 5.72. The molecule has 0 unspecified atom stereocenters. The number of carbonyl (C=O) groups is 1. The van der Waals surface area contributed by atoms with Gasteiger partial charge >= 0.3 is 0 Å². The van der Waals surface area contributed by atoms with E-state index in [0.717, 1.165) is 34.8 Å². The van der Waals surface area contributed by atoms with Gasteiger partial charge in [0.05, 0.1) is 11.9 Å². The molecule has 3 rings (SSSR count). The van der Waals surface area contributed by atoms with Gasteiger partial charge in [-0.2, -0.15) is 0 Å². The van der Waals surface area contributed by atoms with Gasteiger partial charge in [0.1, 0.15) is 10.7 Å². The van der Waals surface area contributed by atoms with E-state index < -0.39 is 0 Å². The van der Waals surface area contributed by atoms with Gasteiger partial charge in [0.2, 0.25) is 5.91 Å². The van der Waals surface area contributed by atoms with Crippen LogP contribution in [0.2, 0.25) is 0 Å². The van der Waals surface area contributed by atoms with E-state index in [2.05, 4.69) is 44.5 Å². The molecule has 0 aliphatic carbocycles. The Morgan fingerprint density at radius 3 is 2.71 bits per heavy atom. The molecule has 1 N–H and O–H groups in total. The number of benzene rings is 1. The number of carbonyl (C=O) groups excluding carboxylic acids is 1. The van der Waals surface area contributed by atoms with Crippen molar-refractivity contribution >= 4 is 17.2 Å². The van der Waals surface area contributed by atoms with Gasteiger partial charge in [-0.3, -0.25) is 14.8 Å². The average molecular weight is 338 g/mol. The first kappa shape index (κ1) is 16.3. The number of nitrogens with zero attached hydrogens (tertiary/aromatic N) is 3. The average Bonchev–Trinajstić information content (AvgIpc) is 3.10. The van der Waals surface area contributed by atoms with Crippen LogP contribution in [0.5, 0.6) is 0 Å². The summed E-state index contributed by atoms with van der Waals surface area (Å²) in [5.41, 5.74) is 4.09. The van der Waals surface area contributed by atoms with E-state index in [9.17, 15) is 4.79 Å². The molecule has 1 aromatic carbocycles. The highest BCUT2D eigenvalue weighted by Gasteiger charge is 2.07. The number of aromatic nitrogens is 3. The summed E-state index contributed by atoms with van der Waals surface area (Å²) >= 11 is 1.57. The van der Waals surface area contributed by atoms with E-state index in [4.69, 9.17) is 0 Å². The SMILES string of the molecule is CC(=O)NCCCc1ccc(-c2csc(-c3cnccn3)n2)cc1. The Bertz CT molecular complexity index is 799. The highest BCUT2D eigenvalue weighted by Crippen LogP contribution is 2.27. The van der Waals surface area contributed by atoms with E-state index in [-0.39, 0.29) is 5.91 Å². The molecule has 1 amide bonds. The topological polar surface area (TPSA) is 67.8 Å². The lowest BCUT2D eigenvalue weighted by Gasteiger charge is -2.04. The van der Waals surface area contributed by atoms with Crippen LogP contribution in [-0.4, -0.2) is 27.4 Å². The first-order valence-electron chi connectivity index (χ1n) is 7.78. The van der Waals surface area contributed by atoms with Gasteiger partial charge in [-0.1, -0.05) is 24.3 Å². The molecule has 0 radical (unpaired) electrons. The summed E-state index contributed by atoms with van der Waals surface area (Å²) in [6.45, 7) is 2.25. The van der Waals surface area contributed by atoms with Crippen molar-refractivity contribution in [1.29, 1.82) is 0 Å². The molecule has 0 saturated carbocycles. The third kappa shape index (κ3) is 4.23. The Labute approximate surface area is 144 Å². The second kappa shape index (κ2) is 7.79. The number of rotatable bonds is 6. The van der Waals surface area contributed by atoms with Gasteiger partial charge in [0.25, 0.3) is 0 Å². The van der Waals surface area contributed by atoms with Crippen molar-refractivity contribution < 1.29 is 4.79 Å². The van der Waals surface area contributed by atoms with Crippen molar-refractivity contribution in [2.75, 3.05) is 6.54 Å². The molecule has 5 nitrogen and oxygen atoms in total. The van der Waals surface area contributed by atoms with Gasteiger partial charge in [0.15, 0.2) is 0 Å². The molecule has 3 aromatic rings. The maximum atomic E-state index is 10.8. The highest BCUT2D eigenvalue weighted by atomic mass is 32.1. The summed E-state index contributed by atoms with van der Waals surface area (Å²) in [6, 6.07) is 8.40. The summed E-state index contributed by atoms with van der Waals surface area (Å²) in [5.74, 6) is 0.0211. The largest absolute Gasteiger partial charge is 0.356 e. The zero-order chi connectivity index (χ0) is 16.8. The maximum Gasteiger partial charge on any atom is 0.216 e. The number of amides is 1. The highest BCUT2D eigenvalue weighted by molar-refractivity contribution is 7.13. The van der Waals surface area contributed by atoms with Crippen LogP contribution in [0.4, 0.5) is 0 Å². The van der Waals surface area contributed by atoms with Crippen LogP contribution in [0.3, 0.4) is 0 Å². The number of nitrogens with one attached hydrogen (secondary N) is 1. The van der Waals surface area contributed by atoms with Crippen LogP contribution in [0, 0.1) is 0 Å². The van der Waals surface area contributed by atoms with Crippen LogP contribution in [-0.2, 0) is 11.2 Å². The monoisotopic (exact) mass is 338 g/mol. The van der Waals surface area contributed by atoms with Crippen LogP contribution in [0.25, 0.3) is 22.0 Å². The molecule has 0 bridgehead atoms. The molecule has 0 spiro atoms. The number of hydrogen-bond acceptors (Lipinski definition) is 5. The minimum absolute atomic E-state index is 0.0211. The Balaban J connectivity index is 1.64. The van der Waals surface area contributed by atoms with Crippen LogP contribution < -0.4 is 5.32 Å².